The Bertz CT molecular complexity index is 993. The fourth-order valence-electron chi connectivity index (χ4n) is 3.73. The molecule has 0 aliphatic carbocycles. The molecule has 0 unspecified atom stereocenters. The lowest BCUT2D eigenvalue weighted by molar-refractivity contribution is 0.100. The minimum Gasteiger partial charge on any atom is -0.456 e. The predicted molar refractivity (Wildman–Crippen MR) is 113 cm³/mol. The zero-order valence-electron chi connectivity index (χ0n) is 15.9. The van der Waals surface area contributed by atoms with Crippen molar-refractivity contribution < 1.29 is 9.53 Å². The highest BCUT2D eigenvalue weighted by atomic mass is 35.5. The smallest absolute Gasteiger partial charge is 0.248 e. The van der Waals surface area contributed by atoms with E-state index in [-0.39, 0.29) is 0 Å². The van der Waals surface area contributed by atoms with E-state index in [1.165, 1.54) is 23.6 Å². The van der Waals surface area contributed by atoms with Crippen LogP contribution in [-0.4, -0.2) is 22.3 Å². The highest BCUT2D eigenvalue weighted by Crippen LogP contribution is 2.34. The first kappa shape index (κ1) is 19.4. The molecule has 148 valence electrons. The largest absolute Gasteiger partial charge is 0.456 e. The second-order valence-corrected chi connectivity index (χ2v) is 7.58. The monoisotopic (exact) mass is 407 g/mol. The summed E-state index contributed by atoms with van der Waals surface area (Å²) in [5.74, 6) is 0.655. The van der Waals surface area contributed by atoms with Gasteiger partial charge in [0.25, 0.3) is 0 Å². The molecular weight excluding hydrogens is 386 g/mol. The zero-order chi connectivity index (χ0) is 20.2. The molecule has 2 aromatic carbocycles. The third kappa shape index (κ3) is 4.58. The van der Waals surface area contributed by atoms with E-state index in [0.717, 1.165) is 19.5 Å². The van der Waals surface area contributed by atoms with Gasteiger partial charge < -0.3 is 10.5 Å². The maximum Gasteiger partial charge on any atom is 0.248 e. The lowest BCUT2D eigenvalue weighted by Crippen LogP contribution is -2.22. The maximum atomic E-state index is 11.2. The summed E-state index contributed by atoms with van der Waals surface area (Å²) in [4.78, 5) is 18.0. The number of rotatable bonds is 6. The van der Waals surface area contributed by atoms with Crippen molar-refractivity contribution >= 4 is 17.5 Å². The number of halogens is 1. The van der Waals surface area contributed by atoms with Crippen LogP contribution in [0.2, 0.25) is 5.02 Å². The van der Waals surface area contributed by atoms with Gasteiger partial charge in [0.05, 0.1) is 5.02 Å². The first-order valence-corrected chi connectivity index (χ1v) is 9.98. The van der Waals surface area contributed by atoms with E-state index in [4.69, 9.17) is 22.1 Å². The number of likely N-dealkylation sites (tertiary alicyclic amines) is 1. The Hall–Kier alpha value is -2.89. The molecule has 0 bridgehead atoms. The summed E-state index contributed by atoms with van der Waals surface area (Å²) in [6, 6.07) is 17.3. The van der Waals surface area contributed by atoms with Gasteiger partial charge in [0.1, 0.15) is 11.5 Å². The normalized spacial score (nSPS) is 16.7. The molecule has 4 rings (SSSR count). The molecule has 6 heteroatoms. The van der Waals surface area contributed by atoms with Crippen LogP contribution in [0.4, 0.5) is 0 Å². The number of ether oxygens (including phenoxy) is 1. The number of carbonyl (C=O) groups excluding carboxylic acids is 1. The van der Waals surface area contributed by atoms with Gasteiger partial charge in [-0.05, 0) is 66.9 Å². The number of nitrogens with two attached hydrogens (primary N) is 1. The van der Waals surface area contributed by atoms with E-state index in [9.17, 15) is 4.79 Å². The highest BCUT2D eigenvalue weighted by Gasteiger charge is 2.25. The number of nitrogens with zero attached hydrogens (tertiary/aromatic N) is 2. The maximum absolute atomic E-state index is 11.2. The van der Waals surface area contributed by atoms with Crippen LogP contribution < -0.4 is 10.5 Å². The van der Waals surface area contributed by atoms with Gasteiger partial charge in [-0.2, -0.15) is 0 Å². The van der Waals surface area contributed by atoms with Gasteiger partial charge in [0.15, 0.2) is 0 Å². The van der Waals surface area contributed by atoms with Crippen molar-refractivity contribution in [2.45, 2.75) is 25.4 Å². The summed E-state index contributed by atoms with van der Waals surface area (Å²) in [5.41, 5.74) is 8.13. The molecule has 1 aliphatic rings. The van der Waals surface area contributed by atoms with Crippen molar-refractivity contribution in [2.75, 3.05) is 6.54 Å². The van der Waals surface area contributed by atoms with Gasteiger partial charge in [-0.1, -0.05) is 29.8 Å². The van der Waals surface area contributed by atoms with Crippen LogP contribution in [-0.2, 0) is 6.54 Å². The van der Waals surface area contributed by atoms with Crippen LogP contribution in [0.25, 0.3) is 0 Å². The van der Waals surface area contributed by atoms with Crippen molar-refractivity contribution in [1.29, 1.82) is 0 Å². The molecule has 0 saturated carbocycles. The molecule has 1 fully saturated rings. The zero-order valence-corrected chi connectivity index (χ0v) is 16.7. The minimum absolute atomic E-state index is 0.349. The Balaban J connectivity index is 1.42. The number of aromatic nitrogens is 1. The van der Waals surface area contributed by atoms with Gasteiger partial charge in [-0.15, -0.1) is 0 Å². The number of pyridine rings is 1. The first-order chi connectivity index (χ1) is 14.1. The van der Waals surface area contributed by atoms with Crippen molar-refractivity contribution in [1.82, 2.24) is 9.88 Å². The number of hydrogen-bond acceptors (Lipinski definition) is 4. The van der Waals surface area contributed by atoms with Crippen LogP contribution in [0.1, 0.15) is 40.4 Å². The topological polar surface area (TPSA) is 68.5 Å². The molecule has 5 nitrogen and oxygen atoms in total. The van der Waals surface area contributed by atoms with E-state index in [1.807, 2.05) is 30.6 Å². The number of amides is 1. The van der Waals surface area contributed by atoms with E-state index in [2.05, 4.69) is 28.1 Å². The molecule has 1 aromatic heterocycles. The molecular formula is C23H22ClN3O2. The molecule has 0 spiro atoms. The standard InChI is InChI=1S/C23H22ClN3O2/c24-20-13-17(23(25)28)7-10-22(20)29-19-8-5-16(6-9-19)15-27-12-2-4-21(27)18-3-1-11-26-14-18/h1,3,5-11,13-14,21H,2,4,12,15H2,(H2,25,28)/t21-/m1/s1. The number of primary amides is 1. The van der Waals surface area contributed by atoms with Crippen LogP contribution in [0.3, 0.4) is 0 Å². The first-order valence-electron chi connectivity index (χ1n) is 9.60. The van der Waals surface area contributed by atoms with Gasteiger partial charge in [-0.25, -0.2) is 0 Å². The molecule has 1 atom stereocenters. The second kappa shape index (κ2) is 8.64. The Morgan fingerprint density at radius 2 is 2.03 bits per heavy atom. The minimum atomic E-state index is -0.519. The van der Waals surface area contributed by atoms with Crippen LogP contribution in [0, 0.1) is 0 Å². The third-order valence-corrected chi connectivity index (χ3v) is 5.48. The Labute approximate surface area is 175 Å². The number of hydrogen-bond donors (Lipinski definition) is 1. The summed E-state index contributed by atoms with van der Waals surface area (Å²) in [6.45, 7) is 1.97. The average molecular weight is 408 g/mol. The average Bonchev–Trinajstić information content (AvgIpc) is 3.19. The SMILES string of the molecule is NC(=O)c1ccc(Oc2ccc(CN3CCC[C@@H]3c3cccnc3)cc2)c(Cl)c1. The highest BCUT2D eigenvalue weighted by molar-refractivity contribution is 6.32. The molecule has 0 radical (unpaired) electrons. The summed E-state index contributed by atoms with van der Waals surface area (Å²) in [6.07, 6.45) is 6.13. The van der Waals surface area contributed by atoms with E-state index in [1.54, 1.807) is 12.1 Å². The van der Waals surface area contributed by atoms with E-state index in [0.29, 0.717) is 28.1 Å². The van der Waals surface area contributed by atoms with E-state index < -0.39 is 5.91 Å². The van der Waals surface area contributed by atoms with Crippen LogP contribution in [0.15, 0.2) is 67.0 Å². The molecule has 2 N–H and O–H groups in total. The van der Waals surface area contributed by atoms with Crippen LogP contribution >= 0.6 is 11.6 Å². The summed E-state index contributed by atoms with van der Waals surface area (Å²) >= 11 is 6.20. The molecule has 3 aromatic rings. The lowest BCUT2D eigenvalue weighted by atomic mass is 10.1. The fraction of sp³-hybridized carbons (Fsp3) is 0.217. The molecule has 1 saturated heterocycles. The van der Waals surface area contributed by atoms with E-state index >= 15 is 0 Å². The third-order valence-electron chi connectivity index (χ3n) is 5.19. The molecule has 1 amide bonds. The quantitative estimate of drug-likeness (QED) is 0.626. The lowest BCUT2D eigenvalue weighted by Gasteiger charge is -2.24. The van der Waals surface area contributed by atoms with Crippen molar-refractivity contribution in [3.63, 3.8) is 0 Å². The Morgan fingerprint density at radius 1 is 1.21 bits per heavy atom. The van der Waals surface area contributed by atoms with Gasteiger partial charge in [0, 0.05) is 30.5 Å². The number of benzene rings is 2. The molecule has 1 aliphatic heterocycles. The second-order valence-electron chi connectivity index (χ2n) is 7.17. The van der Waals surface area contributed by atoms with Gasteiger partial charge in [-0.3, -0.25) is 14.7 Å². The van der Waals surface area contributed by atoms with Gasteiger partial charge in [0.2, 0.25) is 5.91 Å². The Kier molecular flexibility index (Phi) is 5.79. The summed E-state index contributed by atoms with van der Waals surface area (Å²) in [5, 5.41) is 0.349. The van der Waals surface area contributed by atoms with Crippen molar-refractivity contribution in [3.05, 3.63) is 88.7 Å². The fourth-order valence-corrected chi connectivity index (χ4v) is 3.95. The Morgan fingerprint density at radius 3 is 2.72 bits per heavy atom. The molecule has 29 heavy (non-hydrogen) atoms. The predicted octanol–water partition coefficient (Wildman–Crippen LogP) is 4.96. The summed E-state index contributed by atoms with van der Waals surface area (Å²) in [7, 11) is 0. The summed E-state index contributed by atoms with van der Waals surface area (Å²) < 4.78 is 5.85. The van der Waals surface area contributed by atoms with Crippen molar-refractivity contribution in [3.8, 4) is 11.5 Å². The van der Waals surface area contributed by atoms with Gasteiger partial charge >= 0.3 is 0 Å². The number of carbonyl (C=O) groups is 1. The molecule has 2 heterocycles. The van der Waals surface area contributed by atoms with Crippen LogP contribution in [0.5, 0.6) is 11.5 Å². The van der Waals surface area contributed by atoms with Crippen molar-refractivity contribution in [2.24, 2.45) is 5.73 Å².